The molecule has 0 atom stereocenters. The zero-order valence-electron chi connectivity index (χ0n) is 10.5. The SMILES string of the molecule is C[C@H]1CC[C@H](n2cnc3c2C(=O)CCC3)CC1. The fourth-order valence-electron chi connectivity index (χ4n) is 3.22. The lowest BCUT2D eigenvalue weighted by Crippen LogP contribution is -2.22. The molecule has 0 amide bonds. The number of carbonyl (C=O) groups is 1. The quantitative estimate of drug-likeness (QED) is 0.745. The standard InChI is InChI=1S/C14H20N2O/c1-10-5-7-11(8-6-10)16-9-15-12-3-2-4-13(17)14(12)16/h9-11H,2-8H2,1H3/t10-,11-. The van der Waals surface area contributed by atoms with E-state index < -0.39 is 0 Å². The first-order chi connectivity index (χ1) is 8.25. The molecule has 3 rings (SSSR count). The number of hydrogen-bond acceptors (Lipinski definition) is 2. The van der Waals surface area contributed by atoms with Gasteiger partial charge in [0.05, 0.1) is 12.0 Å². The number of imidazole rings is 1. The third-order valence-corrected chi connectivity index (χ3v) is 4.33. The van der Waals surface area contributed by atoms with Gasteiger partial charge in [0.25, 0.3) is 0 Å². The summed E-state index contributed by atoms with van der Waals surface area (Å²) in [6.07, 6.45) is 9.56. The summed E-state index contributed by atoms with van der Waals surface area (Å²) in [6, 6.07) is 0.518. The number of Topliss-reactive ketones (excluding diaryl/α,β-unsaturated/α-hetero) is 1. The van der Waals surface area contributed by atoms with Gasteiger partial charge < -0.3 is 4.57 Å². The predicted octanol–water partition coefficient (Wildman–Crippen LogP) is 3.15. The molecule has 0 aromatic carbocycles. The van der Waals surface area contributed by atoms with Crippen LogP contribution in [-0.4, -0.2) is 15.3 Å². The smallest absolute Gasteiger partial charge is 0.181 e. The van der Waals surface area contributed by atoms with E-state index in [9.17, 15) is 4.79 Å². The van der Waals surface area contributed by atoms with E-state index in [2.05, 4.69) is 16.5 Å². The van der Waals surface area contributed by atoms with Crippen LogP contribution in [-0.2, 0) is 6.42 Å². The second-order valence-corrected chi connectivity index (χ2v) is 5.64. The Hall–Kier alpha value is -1.12. The van der Waals surface area contributed by atoms with Crippen LogP contribution >= 0.6 is 0 Å². The van der Waals surface area contributed by atoms with Crippen molar-refractivity contribution in [2.24, 2.45) is 5.92 Å². The third-order valence-electron chi connectivity index (χ3n) is 4.33. The molecule has 0 spiro atoms. The molecule has 0 bridgehead atoms. The van der Waals surface area contributed by atoms with Crippen LogP contribution in [0.1, 0.15) is 67.7 Å². The van der Waals surface area contributed by atoms with Crippen LogP contribution in [0, 0.1) is 5.92 Å². The highest BCUT2D eigenvalue weighted by atomic mass is 16.1. The van der Waals surface area contributed by atoms with E-state index in [0.29, 0.717) is 18.2 Å². The fraction of sp³-hybridized carbons (Fsp3) is 0.714. The summed E-state index contributed by atoms with van der Waals surface area (Å²) in [4.78, 5) is 16.5. The molecule has 92 valence electrons. The van der Waals surface area contributed by atoms with Crippen molar-refractivity contribution < 1.29 is 4.79 Å². The lowest BCUT2D eigenvalue weighted by atomic mass is 9.87. The van der Waals surface area contributed by atoms with Gasteiger partial charge in [-0.2, -0.15) is 0 Å². The number of ketones is 1. The molecule has 0 unspecified atom stereocenters. The molecule has 17 heavy (non-hydrogen) atoms. The topological polar surface area (TPSA) is 34.9 Å². The van der Waals surface area contributed by atoms with Gasteiger partial charge >= 0.3 is 0 Å². The Balaban J connectivity index is 1.88. The average Bonchev–Trinajstić information content (AvgIpc) is 2.75. The first kappa shape index (κ1) is 11.0. The van der Waals surface area contributed by atoms with Crippen molar-refractivity contribution >= 4 is 5.78 Å². The van der Waals surface area contributed by atoms with E-state index in [1.54, 1.807) is 0 Å². The summed E-state index contributed by atoms with van der Waals surface area (Å²) in [6.45, 7) is 2.32. The van der Waals surface area contributed by atoms with Gasteiger partial charge in [-0.05, 0) is 44.4 Å². The highest BCUT2D eigenvalue weighted by Gasteiger charge is 2.27. The molecular weight excluding hydrogens is 212 g/mol. The van der Waals surface area contributed by atoms with E-state index in [1.165, 1.54) is 25.7 Å². The van der Waals surface area contributed by atoms with E-state index >= 15 is 0 Å². The van der Waals surface area contributed by atoms with Crippen molar-refractivity contribution in [2.75, 3.05) is 0 Å². The summed E-state index contributed by atoms with van der Waals surface area (Å²) in [5, 5.41) is 0. The van der Waals surface area contributed by atoms with Crippen LogP contribution in [0.2, 0.25) is 0 Å². The van der Waals surface area contributed by atoms with Crippen LogP contribution < -0.4 is 0 Å². The van der Waals surface area contributed by atoms with Crippen molar-refractivity contribution in [2.45, 2.75) is 57.9 Å². The Morgan fingerprint density at radius 1 is 1.24 bits per heavy atom. The van der Waals surface area contributed by atoms with E-state index in [0.717, 1.165) is 30.1 Å². The molecule has 1 fully saturated rings. The van der Waals surface area contributed by atoms with Gasteiger partial charge in [0.2, 0.25) is 0 Å². The van der Waals surface area contributed by atoms with Crippen molar-refractivity contribution in [3.8, 4) is 0 Å². The first-order valence-electron chi connectivity index (χ1n) is 6.84. The van der Waals surface area contributed by atoms with Crippen LogP contribution in [0.3, 0.4) is 0 Å². The summed E-state index contributed by atoms with van der Waals surface area (Å²) in [5.41, 5.74) is 1.97. The van der Waals surface area contributed by atoms with Gasteiger partial charge in [0.1, 0.15) is 5.69 Å². The molecule has 1 saturated carbocycles. The van der Waals surface area contributed by atoms with Crippen molar-refractivity contribution in [3.63, 3.8) is 0 Å². The molecule has 2 aliphatic rings. The number of aryl methyl sites for hydroxylation is 1. The molecule has 0 radical (unpaired) electrons. The van der Waals surface area contributed by atoms with Gasteiger partial charge in [0, 0.05) is 12.5 Å². The molecule has 1 aromatic rings. The molecule has 1 aromatic heterocycles. The maximum Gasteiger partial charge on any atom is 0.181 e. The highest BCUT2D eigenvalue weighted by molar-refractivity contribution is 5.96. The minimum absolute atomic E-state index is 0.308. The zero-order chi connectivity index (χ0) is 11.8. The van der Waals surface area contributed by atoms with Gasteiger partial charge in [0.15, 0.2) is 5.78 Å². The minimum Gasteiger partial charge on any atom is -0.325 e. The molecule has 0 N–H and O–H groups in total. The number of nitrogens with zero attached hydrogens (tertiary/aromatic N) is 2. The lowest BCUT2D eigenvalue weighted by molar-refractivity contribution is 0.0958. The van der Waals surface area contributed by atoms with E-state index in [-0.39, 0.29) is 0 Å². The zero-order valence-corrected chi connectivity index (χ0v) is 10.5. The van der Waals surface area contributed by atoms with Crippen LogP contribution in [0.15, 0.2) is 6.33 Å². The molecular formula is C14H20N2O. The summed E-state index contributed by atoms with van der Waals surface area (Å²) < 4.78 is 2.18. The van der Waals surface area contributed by atoms with Crippen molar-refractivity contribution in [1.82, 2.24) is 9.55 Å². The third kappa shape index (κ3) is 1.92. The monoisotopic (exact) mass is 232 g/mol. The molecule has 1 heterocycles. The predicted molar refractivity (Wildman–Crippen MR) is 66.2 cm³/mol. The second-order valence-electron chi connectivity index (χ2n) is 5.64. The number of fused-ring (bicyclic) bond motifs is 1. The summed E-state index contributed by atoms with van der Waals surface area (Å²) in [5.74, 6) is 1.16. The van der Waals surface area contributed by atoms with E-state index in [4.69, 9.17) is 0 Å². The Bertz CT molecular complexity index is 427. The Morgan fingerprint density at radius 2 is 2.00 bits per heavy atom. The molecule has 2 aliphatic carbocycles. The van der Waals surface area contributed by atoms with Gasteiger partial charge in [-0.15, -0.1) is 0 Å². The van der Waals surface area contributed by atoms with Crippen molar-refractivity contribution in [1.29, 1.82) is 0 Å². The van der Waals surface area contributed by atoms with Gasteiger partial charge in [-0.25, -0.2) is 4.98 Å². The molecule has 3 nitrogen and oxygen atoms in total. The number of carbonyl (C=O) groups excluding carboxylic acids is 1. The van der Waals surface area contributed by atoms with Crippen molar-refractivity contribution in [3.05, 3.63) is 17.7 Å². The Kier molecular flexibility index (Phi) is 2.77. The largest absolute Gasteiger partial charge is 0.325 e. The van der Waals surface area contributed by atoms with Gasteiger partial charge in [-0.1, -0.05) is 6.92 Å². The van der Waals surface area contributed by atoms with Crippen LogP contribution in [0.5, 0.6) is 0 Å². The Labute approximate surface area is 102 Å². The Morgan fingerprint density at radius 3 is 2.76 bits per heavy atom. The van der Waals surface area contributed by atoms with E-state index in [1.807, 2.05) is 6.33 Å². The highest BCUT2D eigenvalue weighted by Crippen LogP contribution is 2.34. The summed E-state index contributed by atoms with van der Waals surface area (Å²) >= 11 is 0. The normalized spacial score (nSPS) is 29.1. The minimum atomic E-state index is 0.308. The molecule has 0 saturated heterocycles. The summed E-state index contributed by atoms with van der Waals surface area (Å²) in [7, 11) is 0. The molecule has 0 aliphatic heterocycles. The second kappa shape index (κ2) is 4.28. The first-order valence-corrected chi connectivity index (χ1v) is 6.84. The lowest BCUT2D eigenvalue weighted by Gasteiger charge is -2.28. The number of hydrogen-bond donors (Lipinski definition) is 0. The number of aromatic nitrogens is 2. The average molecular weight is 232 g/mol. The maximum atomic E-state index is 12.0. The number of rotatable bonds is 1. The molecule has 3 heteroatoms. The maximum absolute atomic E-state index is 12.0. The van der Waals surface area contributed by atoms with Crippen LogP contribution in [0.25, 0.3) is 0 Å². The van der Waals surface area contributed by atoms with Gasteiger partial charge in [-0.3, -0.25) is 4.79 Å². The fourth-order valence-corrected chi connectivity index (χ4v) is 3.22. The van der Waals surface area contributed by atoms with Crippen LogP contribution in [0.4, 0.5) is 0 Å².